The summed E-state index contributed by atoms with van der Waals surface area (Å²) in [5, 5.41) is 6.28. The number of hydrogen-bond donors (Lipinski definition) is 2. The van der Waals surface area contributed by atoms with Crippen LogP contribution in [-0.2, 0) is 4.79 Å². The van der Waals surface area contributed by atoms with Gasteiger partial charge in [0.05, 0.1) is 0 Å². The third-order valence-corrected chi connectivity index (χ3v) is 3.72. The first-order chi connectivity index (χ1) is 8.24. The van der Waals surface area contributed by atoms with Crippen molar-refractivity contribution in [3.63, 3.8) is 0 Å². The highest BCUT2D eigenvalue weighted by molar-refractivity contribution is 14.1. The van der Waals surface area contributed by atoms with Crippen LogP contribution in [0.1, 0.15) is 19.3 Å². The maximum absolute atomic E-state index is 11.8. The molecule has 17 heavy (non-hydrogen) atoms. The first-order valence-corrected chi connectivity index (χ1v) is 7.08. The summed E-state index contributed by atoms with van der Waals surface area (Å²) < 4.78 is 1.18. The minimum atomic E-state index is 0.125. The lowest BCUT2D eigenvalue weighted by Gasteiger charge is -2.22. The Bertz CT molecular complexity index is 372. The molecule has 92 valence electrons. The molecule has 0 radical (unpaired) electrons. The Morgan fingerprint density at radius 2 is 2.18 bits per heavy atom. The molecule has 0 bridgehead atoms. The third kappa shape index (κ3) is 4.27. The lowest BCUT2D eigenvalue weighted by atomic mass is 9.96. The maximum Gasteiger partial charge on any atom is 0.224 e. The van der Waals surface area contributed by atoms with E-state index in [0.29, 0.717) is 12.3 Å². The van der Waals surface area contributed by atoms with Crippen molar-refractivity contribution in [1.82, 2.24) is 5.32 Å². The molecular formula is C13H17IN2O. The number of anilines is 1. The summed E-state index contributed by atoms with van der Waals surface area (Å²) in [7, 11) is 0. The highest BCUT2D eigenvalue weighted by Gasteiger charge is 2.16. The second kappa shape index (κ2) is 6.35. The van der Waals surface area contributed by atoms with Gasteiger partial charge in [-0.25, -0.2) is 0 Å². The maximum atomic E-state index is 11.8. The minimum absolute atomic E-state index is 0.125. The van der Waals surface area contributed by atoms with Crippen LogP contribution in [0.2, 0.25) is 0 Å². The van der Waals surface area contributed by atoms with Crippen molar-refractivity contribution in [2.45, 2.75) is 19.3 Å². The Morgan fingerprint density at radius 1 is 1.41 bits per heavy atom. The fourth-order valence-corrected chi connectivity index (χ4v) is 2.47. The molecule has 1 aromatic rings. The summed E-state index contributed by atoms with van der Waals surface area (Å²) >= 11 is 2.25. The molecule has 1 unspecified atom stereocenters. The van der Waals surface area contributed by atoms with E-state index < -0.39 is 0 Å². The van der Waals surface area contributed by atoms with E-state index in [1.54, 1.807) is 0 Å². The third-order valence-electron chi connectivity index (χ3n) is 3.00. The van der Waals surface area contributed by atoms with Gasteiger partial charge in [0.25, 0.3) is 0 Å². The van der Waals surface area contributed by atoms with Gasteiger partial charge in [0, 0.05) is 15.7 Å². The average Bonchev–Trinajstić information content (AvgIpc) is 2.33. The van der Waals surface area contributed by atoms with E-state index >= 15 is 0 Å². The molecule has 1 aliphatic heterocycles. The molecule has 1 atom stereocenters. The van der Waals surface area contributed by atoms with Crippen LogP contribution in [0.25, 0.3) is 0 Å². The Kier molecular flexibility index (Phi) is 4.79. The highest BCUT2D eigenvalue weighted by Crippen LogP contribution is 2.16. The van der Waals surface area contributed by atoms with Crippen LogP contribution in [0.5, 0.6) is 0 Å². The number of carbonyl (C=O) groups excluding carboxylic acids is 1. The second-order valence-electron chi connectivity index (χ2n) is 4.47. The Balaban J connectivity index is 1.82. The summed E-state index contributed by atoms with van der Waals surface area (Å²) in [6.07, 6.45) is 2.97. The van der Waals surface area contributed by atoms with Gasteiger partial charge in [0.1, 0.15) is 0 Å². The van der Waals surface area contributed by atoms with Crippen LogP contribution in [0.15, 0.2) is 24.3 Å². The van der Waals surface area contributed by atoms with Crippen molar-refractivity contribution in [2.75, 3.05) is 18.4 Å². The topological polar surface area (TPSA) is 41.1 Å². The molecule has 1 fully saturated rings. The van der Waals surface area contributed by atoms with Gasteiger partial charge in [0.15, 0.2) is 0 Å². The zero-order valence-corrected chi connectivity index (χ0v) is 11.9. The van der Waals surface area contributed by atoms with Gasteiger partial charge in [-0.05, 0) is 78.7 Å². The SMILES string of the molecule is O=C(CC1CCCNC1)Nc1ccc(I)cc1. The number of carbonyl (C=O) groups is 1. The lowest BCUT2D eigenvalue weighted by molar-refractivity contribution is -0.117. The molecule has 1 amide bonds. The number of halogens is 1. The van der Waals surface area contributed by atoms with E-state index in [-0.39, 0.29) is 5.91 Å². The Morgan fingerprint density at radius 3 is 2.82 bits per heavy atom. The molecule has 1 saturated heterocycles. The van der Waals surface area contributed by atoms with Crippen LogP contribution in [0.4, 0.5) is 5.69 Å². The molecule has 0 aromatic heterocycles. The monoisotopic (exact) mass is 344 g/mol. The number of rotatable bonds is 3. The van der Waals surface area contributed by atoms with Crippen molar-refractivity contribution in [3.8, 4) is 0 Å². The average molecular weight is 344 g/mol. The first kappa shape index (κ1) is 12.8. The molecule has 0 spiro atoms. The number of amides is 1. The first-order valence-electron chi connectivity index (χ1n) is 6.00. The highest BCUT2D eigenvalue weighted by atomic mass is 127. The van der Waals surface area contributed by atoms with Crippen molar-refractivity contribution in [2.24, 2.45) is 5.92 Å². The van der Waals surface area contributed by atoms with Crippen LogP contribution >= 0.6 is 22.6 Å². The van der Waals surface area contributed by atoms with Gasteiger partial charge in [0.2, 0.25) is 5.91 Å². The summed E-state index contributed by atoms with van der Waals surface area (Å²) in [5.74, 6) is 0.618. The van der Waals surface area contributed by atoms with Crippen LogP contribution in [-0.4, -0.2) is 19.0 Å². The van der Waals surface area contributed by atoms with E-state index in [9.17, 15) is 4.79 Å². The van der Waals surface area contributed by atoms with Crippen molar-refractivity contribution < 1.29 is 4.79 Å². The van der Waals surface area contributed by atoms with Gasteiger partial charge in [-0.2, -0.15) is 0 Å². The van der Waals surface area contributed by atoms with E-state index in [1.807, 2.05) is 24.3 Å². The zero-order valence-electron chi connectivity index (χ0n) is 9.71. The molecule has 3 nitrogen and oxygen atoms in total. The van der Waals surface area contributed by atoms with Gasteiger partial charge in [-0.1, -0.05) is 0 Å². The standard InChI is InChI=1S/C13H17IN2O/c14-11-3-5-12(6-4-11)16-13(17)8-10-2-1-7-15-9-10/h3-6,10,15H,1-2,7-9H2,(H,16,17). The van der Waals surface area contributed by atoms with E-state index in [0.717, 1.165) is 25.2 Å². The second-order valence-corrected chi connectivity index (χ2v) is 5.72. The lowest BCUT2D eigenvalue weighted by Crippen LogP contribution is -2.32. The number of nitrogens with one attached hydrogen (secondary N) is 2. The van der Waals surface area contributed by atoms with Crippen molar-refractivity contribution >= 4 is 34.2 Å². The minimum Gasteiger partial charge on any atom is -0.326 e. The summed E-state index contributed by atoms with van der Waals surface area (Å²) in [6.45, 7) is 2.06. The van der Waals surface area contributed by atoms with Crippen LogP contribution in [0.3, 0.4) is 0 Å². The normalized spacial score (nSPS) is 19.9. The molecule has 2 rings (SSSR count). The number of benzene rings is 1. The fourth-order valence-electron chi connectivity index (χ4n) is 2.11. The Hall–Kier alpha value is -0.620. The van der Waals surface area contributed by atoms with Gasteiger partial charge < -0.3 is 10.6 Å². The van der Waals surface area contributed by atoms with Crippen LogP contribution < -0.4 is 10.6 Å². The zero-order chi connectivity index (χ0) is 12.1. The molecule has 0 aliphatic carbocycles. The number of piperidine rings is 1. The molecule has 1 heterocycles. The predicted octanol–water partition coefficient (Wildman–Crippen LogP) is 2.62. The van der Waals surface area contributed by atoms with Crippen molar-refractivity contribution in [3.05, 3.63) is 27.8 Å². The summed E-state index contributed by atoms with van der Waals surface area (Å²) in [5.41, 5.74) is 0.888. The predicted molar refractivity (Wildman–Crippen MR) is 78.0 cm³/mol. The molecule has 0 saturated carbocycles. The van der Waals surface area contributed by atoms with E-state index in [2.05, 4.69) is 33.2 Å². The van der Waals surface area contributed by atoms with Gasteiger partial charge in [-0.15, -0.1) is 0 Å². The summed E-state index contributed by atoms with van der Waals surface area (Å²) in [6, 6.07) is 7.88. The quantitative estimate of drug-likeness (QED) is 0.828. The summed E-state index contributed by atoms with van der Waals surface area (Å²) in [4.78, 5) is 11.8. The largest absolute Gasteiger partial charge is 0.326 e. The van der Waals surface area contributed by atoms with Gasteiger partial charge >= 0.3 is 0 Å². The van der Waals surface area contributed by atoms with Gasteiger partial charge in [-0.3, -0.25) is 4.79 Å². The van der Waals surface area contributed by atoms with E-state index in [4.69, 9.17) is 0 Å². The molecular weight excluding hydrogens is 327 g/mol. The molecule has 2 N–H and O–H groups in total. The smallest absolute Gasteiger partial charge is 0.224 e. The Labute approximate surface area is 116 Å². The number of hydrogen-bond acceptors (Lipinski definition) is 2. The molecule has 1 aromatic carbocycles. The van der Waals surface area contributed by atoms with E-state index in [1.165, 1.54) is 9.99 Å². The molecule has 1 aliphatic rings. The fraction of sp³-hybridized carbons (Fsp3) is 0.462. The van der Waals surface area contributed by atoms with Crippen LogP contribution in [0, 0.1) is 9.49 Å². The van der Waals surface area contributed by atoms with Crippen molar-refractivity contribution in [1.29, 1.82) is 0 Å². The molecule has 4 heteroatoms.